The summed E-state index contributed by atoms with van der Waals surface area (Å²) in [6.07, 6.45) is 12.3. The Bertz CT molecular complexity index is 11600. The molecular weight excluding hydrogens is 1540 g/mol. The third-order valence-corrected chi connectivity index (χ3v) is 123. The summed E-state index contributed by atoms with van der Waals surface area (Å²) in [5.41, 5.74) is 96.3. The highest BCUT2D eigenvalue weighted by Crippen LogP contribution is 4.00. The summed E-state index contributed by atoms with van der Waals surface area (Å²) in [5.74, 6) is 56.1. The molecule has 104 saturated carbocycles. The third kappa shape index (κ3) is 0.670. The molecule has 122 atom stereocenters. The fourth-order valence-electron chi connectivity index (χ4n) is 165. The summed E-state index contributed by atoms with van der Waals surface area (Å²) >= 11 is 0. The van der Waals surface area contributed by atoms with Crippen molar-refractivity contribution in [2.75, 3.05) is 0 Å². The van der Waals surface area contributed by atoms with Gasteiger partial charge in [0.2, 0.25) is 0 Å². The van der Waals surface area contributed by atoms with Crippen molar-refractivity contribution in [1.29, 1.82) is 0 Å². The van der Waals surface area contributed by atoms with Crippen molar-refractivity contribution in [3.05, 3.63) is 227 Å². The third-order valence-electron chi connectivity index (χ3n) is 123. The van der Waals surface area contributed by atoms with E-state index < -0.39 is 0 Å². The Morgan fingerprint density at radius 2 is 0.406 bits per heavy atom. The van der Waals surface area contributed by atoms with Gasteiger partial charge in [0, 0.05) is 0 Å². The smallest absolute Gasteiger partial charge is 0.00000119 e. The van der Waals surface area contributed by atoms with Crippen LogP contribution in [0.25, 0.3) is 0 Å². The normalized spacial score (nSPS) is 159. The van der Waals surface area contributed by atoms with Crippen molar-refractivity contribution in [3.8, 4) is 0 Å². The van der Waals surface area contributed by atoms with Gasteiger partial charge in [0.05, 0.1) is 0 Å². The molecule has 0 nitrogen and oxygen atoms in total. The summed E-state index contributed by atoms with van der Waals surface area (Å²) in [7, 11) is 0. The molecule has 0 bridgehead atoms. The second kappa shape index (κ2) is 5.18. The first-order valence-corrected chi connectivity index (χ1v) is 63.7. The minimum atomic E-state index is 1.01. The van der Waals surface area contributed by atoms with Crippen LogP contribution in [0.15, 0.2) is 0 Å². The van der Waals surface area contributed by atoms with E-state index in [4.69, 9.17) is 0 Å². The highest BCUT2D eigenvalue weighted by Gasteiger charge is 3.94. The quantitative estimate of drug-likeness (QED) is 0.227. The molecular formula is C128H50. The van der Waals surface area contributed by atoms with E-state index in [9.17, 15) is 0 Å². The standard InChI is InChI=1S/C128H50/c1-2-46-38-12-4-8-15-14-7-3-9-16-20-24-21-17-10-5-11-18-22-25-27-29-31-30-28-26-23-19-13-6-45(1)39-37-40(46)79-74(37)76(39)52(13,45)56(19)60(23)63(26)65(28)67(30)68(31)66(29)64(27)62(25)59(22)55(18)49(10,11)54(17)58(21)61(24)57(20)53(16)47(7,9)41-35-33-32-34-36-42-50(14)51(15)44-43-48(8,12)75(38)78(43)81(44)84(51)83(50)80(42)73(36)71(34)69(32)70(33)72(35)77(41,53)87(57)90(61)88(58)85(54,55)89(59)94(62)97(64)100(66)102(68)101(67)99(65)95(63)91(60)86(56,76)93(74)106(79)105(78,82(46,75)79)108(81)110(84)109(83)107(80)104(73)103(71)98(69)96(70)92(72,87)112(90)111(88,89)115(94)116(96,112)119(98)118(97,115)120(100)121(102)123(101)125(99)117(95)113(91,93)114(106,108)127(110,117)128(109,125)126(107,123)124(104,121)122(103,119)120/h7-44H,1-6H2. The van der Waals surface area contributed by atoms with Gasteiger partial charge in [-0.1, -0.05) is 0 Å². The first kappa shape index (κ1) is 38.7. The minimum absolute atomic E-state index is 1.01. The second-order valence-corrected chi connectivity index (χ2v) is 87.8. The molecule has 0 amide bonds. The lowest BCUT2D eigenvalue weighted by Gasteiger charge is -3.84. The van der Waals surface area contributed by atoms with E-state index in [1.165, 1.54) is 387 Å². The highest BCUT2D eigenvalue weighted by molar-refractivity contribution is 7.01. The molecule has 562 valence electrons. The summed E-state index contributed by atoms with van der Waals surface area (Å²) in [6, 6.07) is 0. The van der Waals surface area contributed by atoms with Crippen LogP contribution < -0.4 is 0 Å². The molecule has 0 aliphatic heterocycles. The van der Waals surface area contributed by atoms with Crippen LogP contribution in [-0.2, 0) is 0 Å². The van der Waals surface area contributed by atoms with Gasteiger partial charge in [-0.05, 0) is 718 Å². The molecule has 104 fully saturated rings. The molecule has 0 aromatic rings. The van der Waals surface area contributed by atoms with Crippen LogP contribution in [0.5, 0.6) is 0 Å². The fraction of sp³-hybridized carbons (Fsp3) is 1.00. The van der Waals surface area contributed by atoms with E-state index in [1.54, 1.807) is 0 Å². The maximum Gasteiger partial charge on any atom is -0.00000119 e. The molecule has 0 aromatic heterocycles. The SMILES string of the molecule is C1C2C3C4C5CC6C7C89CCC%10%11CC%12C%13C%14C%15C%16C%17C%18C%19C%20C%21C%22C%23C%24CC%25C%26C%27C%28C%29C%30C1C21C2C%31C%32C%33C%34C%35C%36C3%37C43C4C%38C56C75C%386C47C34C%373C%36%37C%35%36C%34%35C%33%34C%32%33C%31%32C2%31C%301C%291C%282C%27%28C%26%27C%25%24C%23%24C%22%23C%21%22C%20%21C%19%20C%18%19C%17%18C%16%17C%15%16C%14%15C%13%14C%12%10C%10%12C%11C%11C8C8%13C%11%10C%10%11C%12%14C%15%12C%16%14C%17%15C%18%16C%19%17C%20%18C%21%19C%22%20C%23%21C%27%24C%28%22C2%23C1%31C%321C%332C%34%24C%35%25C%36%26C%37%27C3%28C43C74C6(C958)C%13%10C45C%11%12C%144C%156C%167C%178C%189C%19%10C%20%11C%22%21C%231C2%11C%24%10C%259C%268C%277C%286C354. The van der Waals surface area contributed by atoms with Gasteiger partial charge in [-0.3, -0.25) is 0 Å². The Morgan fingerprint density at radius 1 is 0.117 bits per heavy atom. The first-order chi connectivity index (χ1) is 63.7. The lowest BCUT2D eigenvalue weighted by Crippen LogP contribution is -3.79. The van der Waals surface area contributed by atoms with E-state index in [0.717, 1.165) is 292 Å². The Labute approximate surface area is 712 Å². The van der Waals surface area contributed by atoms with E-state index in [2.05, 4.69) is 19.3 Å². The number of rotatable bonds is 0. The zero-order valence-corrected chi connectivity index (χ0v) is 68.2. The van der Waals surface area contributed by atoms with Gasteiger partial charge in [0.1, 0.15) is 0 Å². The number of hydrogen-bond acceptors (Lipinski definition) is 0. The molecule has 0 heterocycles. The fourth-order valence-corrected chi connectivity index (χ4v) is 165. The monoisotopic (exact) mass is 1590 g/mol. The predicted molar refractivity (Wildman–Crippen MR) is 399 cm³/mol. The Hall–Kier alpha value is 0. The van der Waals surface area contributed by atoms with Gasteiger partial charge in [-0.25, -0.2) is 0 Å². The molecule has 0 heteroatoms. The second-order valence-electron chi connectivity index (χ2n) is 87.8. The van der Waals surface area contributed by atoms with E-state index in [1.807, 2.05) is 19.3 Å². The van der Waals surface area contributed by atoms with Crippen LogP contribution in [0.1, 0.15) is 38.5 Å². The summed E-state index contributed by atoms with van der Waals surface area (Å²) < 4.78 is 0. The summed E-state index contributed by atoms with van der Waals surface area (Å²) in [4.78, 5) is 0. The first-order valence-electron chi connectivity index (χ1n) is 63.7. The molecule has 128 heavy (non-hydrogen) atoms. The highest BCUT2D eigenvalue weighted by atomic mass is 16.0. The van der Waals surface area contributed by atoms with E-state index >= 15 is 0 Å². The maximum atomic E-state index is 2.10. The number of fused-ring (bicyclic) bond motifs is 22. The van der Waals surface area contributed by atoms with Crippen molar-refractivity contribution >= 4 is 0 Å². The lowest BCUT2D eigenvalue weighted by molar-refractivity contribution is -1.06. The molecule has 0 radical (unpaired) electrons. The van der Waals surface area contributed by atoms with Crippen LogP contribution in [0, 0.1) is 680 Å². The van der Waals surface area contributed by atoms with E-state index in [0.29, 0.717) is 0 Å². The zero-order chi connectivity index (χ0) is 68.2. The van der Waals surface area contributed by atoms with Gasteiger partial charge in [0.15, 0.2) is 0 Å². The topological polar surface area (TPSA) is 0 Å². The molecule has 84 spiro atoms. The van der Waals surface area contributed by atoms with Crippen LogP contribution in [0.3, 0.4) is 0 Å². The average Bonchev–Trinajstić information content (AvgIpc) is 0.404. The van der Waals surface area contributed by atoms with Crippen LogP contribution in [0.4, 0.5) is 0 Å². The molecule has 104 aliphatic carbocycles. The average molecular weight is 1590 g/mol. The maximum absolute atomic E-state index is 2.10. The molecule has 104 rings (SSSR count). The molecule has 0 aromatic carbocycles. The van der Waals surface area contributed by atoms with Gasteiger partial charge < -0.3 is 0 Å². The van der Waals surface area contributed by atoms with Crippen molar-refractivity contribution in [3.63, 3.8) is 0 Å². The number of hydrogen-bond donors (Lipinski definition) is 0. The Morgan fingerprint density at radius 3 is 0.914 bits per heavy atom. The zero-order valence-electron chi connectivity index (χ0n) is 68.2. The van der Waals surface area contributed by atoms with Crippen molar-refractivity contribution < 1.29 is 0 Å². The van der Waals surface area contributed by atoms with Crippen LogP contribution >= 0.6 is 0 Å². The van der Waals surface area contributed by atoms with Crippen LogP contribution in [-0.4, -0.2) is 0 Å². The largest absolute Gasteiger partial charge is 0.0461 e. The van der Waals surface area contributed by atoms with Gasteiger partial charge in [-0.15, -0.1) is 0 Å². The van der Waals surface area contributed by atoms with Gasteiger partial charge >= 0.3 is 0 Å². The minimum Gasteiger partial charge on any atom is -0.0461 e. The van der Waals surface area contributed by atoms with Crippen molar-refractivity contribution in [2.45, 2.75) is 38.5 Å². The van der Waals surface area contributed by atoms with E-state index in [-0.39, 0.29) is 0 Å². The van der Waals surface area contributed by atoms with Crippen molar-refractivity contribution in [2.24, 2.45) is 452 Å². The Kier molecular flexibility index (Phi) is 1.57. The molecule has 0 saturated heterocycles. The Balaban J connectivity index is 0.561. The predicted octanol–water partition coefficient (Wildman–Crippen LogP) is 10.4. The van der Waals surface area contributed by atoms with Gasteiger partial charge in [0.25, 0.3) is 0 Å². The molecule has 104 aliphatic rings. The lowest BCUT2D eigenvalue weighted by atomic mass is 8.17. The van der Waals surface area contributed by atoms with Gasteiger partial charge in [-0.2, -0.15) is 0 Å². The summed E-state index contributed by atoms with van der Waals surface area (Å²) in [5, 5.41) is 0. The van der Waals surface area contributed by atoms with Crippen molar-refractivity contribution in [1.82, 2.24) is 0 Å². The molecule has 122 unspecified atom stereocenters. The van der Waals surface area contributed by atoms with Crippen LogP contribution in [0.2, 0.25) is 0 Å². The molecule has 0 N–H and O–H groups in total. The summed E-state index contributed by atoms with van der Waals surface area (Å²) in [6.45, 7) is 0.